The third-order valence-corrected chi connectivity index (χ3v) is 3.35. The van der Waals surface area contributed by atoms with Crippen molar-refractivity contribution in [3.8, 4) is 0 Å². The van der Waals surface area contributed by atoms with Gasteiger partial charge in [0.2, 0.25) is 0 Å². The molecule has 0 aliphatic rings. The standard InChI is InChI=1S/C14H36N8O4/c15-13(23)22-14(10-24-7-1-4-19-16,11-25-8-2-5-20-17)12-26-9-3-6-21-18/h19-21H,1-12,16-18H2,(H3,15,22,23). The van der Waals surface area contributed by atoms with E-state index in [9.17, 15) is 4.79 Å². The van der Waals surface area contributed by atoms with Crippen LogP contribution < -0.4 is 44.9 Å². The van der Waals surface area contributed by atoms with Gasteiger partial charge in [-0.05, 0) is 19.3 Å². The smallest absolute Gasteiger partial charge is 0.312 e. The number of ether oxygens (including phenoxy) is 3. The summed E-state index contributed by atoms with van der Waals surface area (Å²) in [6.07, 6.45) is 2.19. The highest BCUT2D eigenvalue weighted by atomic mass is 16.5. The molecule has 0 saturated heterocycles. The molecule has 12 nitrogen and oxygen atoms in total. The zero-order chi connectivity index (χ0) is 19.5. The van der Waals surface area contributed by atoms with Crippen LogP contribution in [-0.4, -0.2) is 70.8 Å². The first-order valence-electron chi connectivity index (χ1n) is 8.71. The molecule has 0 bridgehead atoms. The largest absolute Gasteiger partial charge is 0.379 e. The molecule has 0 aromatic carbocycles. The summed E-state index contributed by atoms with van der Waals surface area (Å²) in [6, 6.07) is -0.670. The van der Waals surface area contributed by atoms with Crippen molar-refractivity contribution >= 4 is 6.03 Å². The van der Waals surface area contributed by atoms with Gasteiger partial charge in [-0.3, -0.25) is 33.8 Å². The monoisotopic (exact) mass is 380 g/mol. The van der Waals surface area contributed by atoms with Gasteiger partial charge < -0.3 is 25.3 Å². The van der Waals surface area contributed by atoms with E-state index in [4.69, 9.17) is 37.5 Å². The van der Waals surface area contributed by atoms with Crippen molar-refractivity contribution in [3.63, 3.8) is 0 Å². The van der Waals surface area contributed by atoms with Crippen LogP contribution in [0.2, 0.25) is 0 Å². The molecule has 0 saturated carbocycles. The molecule has 0 radical (unpaired) electrons. The molecular formula is C14H36N8O4. The van der Waals surface area contributed by atoms with E-state index in [1.54, 1.807) is 0 Å². The quantitative estimate of drug-likeness (QED) is 0.0649. The van der Waals surface area contributed by atoms with Gasteiger partial charge in [-0.25, -0.2) is 4.79 Å². The highest BCUT2D eigenvalue weighted by Crippen LogP contribution is 2.10. The lowest BCUT2D eigenvalue weighted by atomic mass is 10.0. The van der Waals surface area contributed by atoms with Gasteiger partial charge in [-0.15, -0.1) is 0 Å². The number of rotatable bonds is 19. The number of urea groups is 1. The maximum Gasteiger partial charge on any atom is 0.312 e. The van der Waals surface area contributed by atoms with Gasteiger partial charge in [-0.2, -0.15) is 0 Å². The van der Waals surface area contributed by atoms with E-state index in [1.807, 2.05) is 0 Å². The van der Waals surface area contributed by atoms with Crippen molar-refractivity contribution < 1.29 is 19.0 Å². The van der Waals surface area contributed by atoms with E-state index in [2.05, 4.69) is 21.6 Å². The Morgan fingerprint density at radius 2 is 1.08 bits per heavy atom. The summed E-state index contributed by atoms with van der Waals surface area (Å²) in [5, 5.41) is 2.71. The molecule has 26 heavy (non-hydrogen) atoms. The normalized spacial score (nSPS) is 11.7. The fourth-order valence-corrected chi connectivity index (χ4v) is 2.13. The van der Waals surface area contributed by atoms with Gasteiger partial charge in [0.15, 0.2) is 0 Å². The molecule has 0 heterocycles. The van der Waals surface area contributed by atoms with Gasteiger partial charge in [0.25, 0.3) is 0 Å². The lowest BCUT2D eigenvalue weighted by Gasteiger charge is -2.33. The van der Waals surface area contributed by atoms with Gasteiger partial charge in [-0.1, -0.05) is 0 Å². The predicted molar refractivity (Wildman–Crippen MR) is 98.3 cm³/mol. The molecule has 156 valence electrons. The maximum absolute atomic E-state index is 11.5. The molecule has 0 fully saturated rings. The second-order valence-corrected chi connectivity index (χ2v) is 5.85. The molecule has 2 amide bonds. The number of nitrogens with one attached hydrogen (secondary N) is 4. The SMILES string of the molecule is NNCCCOCC(COCCCNN)(COCCCNN)NC(N)=O. The number of primary amides is 1. The molecule has 0 rings (SSSR count). The first-order chi connectivity index (χ1) is 12.6. The minimum Gasteiger partial charge on any atom is -0.379 e. The van der Waals surface area contributed by atoms with Crippen molar-refractivity contribution in [1.82, 2.24) is 21.6 Å². The molecule has 0 aromatic rings. The summed E-state index contributed by atoms with van der Waals surface area (Å²) in [4.78, 5) is 11.5. The Kier molecular flexibility index (Phi) is 16.6. The second kappa shape index (κ2) is 17.3. The highest BCUT2D eigenvalue weighted by molar-refractivity contribution is 5.72. The van der Waals surface area contributed by atoms with Gasteiger partial charge in [0.05, 0.1) is 19.8 Å². The van der Waals surface area contributed by atoms with Crippen LogP contribution in [0.4, 0.5) is 4.79 Å². The Morgan fingerprint density at radius 1 is 0.731 bits per heavy atom. The average molecular weight is 380 g/mol. The minimum atomic E-state index is -0.881. The Labute approximate surface area is 154 Å². The Balaban J connectivity index is 4.61. The topological polar surface area (TPSA) is 197 Å². The lowest BCUT2D eigenvalue weighted by molar-refractivity contribution is -0.0350. The van der Waals surface area contributed by atoms with Crippen molar-refractivity contribution in [3.05, 3.63) is 0 Å². The van der Waals surface area contributed by atoms with Crippen LogP contribution in [0, 0.1) is 0 Å². The summed E-state index contributed by atoms with van der Waals surface area (Å²) in [7, 11) is 0. The molecule has 0 aliphatic carbocycles. The zero-order valence-electron chi connectivity index (χ0n) is 15.4. The van der Waals surface area contributed by atoms with Crippen molar-refractivity contribution in [2.45, 2.75) is 24.8 Å². The number of hydrogen-bond donors (Lipinski definition) is 8. The first-order valence-corrected chi connectivity index (χ1v) is 8.71. The van der Waals surface area contributed by atoms with Crippen LogP contribution in [0.25, 0.3) is 0 Å². The van der Waals surface area contributed by atoms with Crippen LogP contribution in [0.1, 0.15) is 19.3 Å². The Morgan fingerprint density at radius 3 is 1.35 bits per heavy atom. The van der Waals surface area contributed by atoms with Crippen LogP contribution >= 0.6 is 0 Å². The molecule has 0 spiro atoms. The fourth-order valence-electron chi connectivity index (χ4n) is 2.13. The summed E-state index contributed by atoms with van der Waals surface area (Å²) < 4.78 is 17.0. The maximum atomic E-state index is 11.5. The number of nitrogens with two attached hydrogens (primary N) is 4. The van der Waals surface area contributed by atoms with Crippen LogP contribution in [0.3, 0.4) is 0 Å². The van der Waals surface area contributed by atoms with E-state index in [0.717, 1.165) is 19.3 Å². The van der Waals surface area contributed by atoms with Crippen molar-refractivity contribution in [2.75, 3.05) is 59.3 Å². The Hall–Kier alpha value is -1.09. The first kappa shape index (κ1) is 24.9. The molecule has 12 N–H and O–H groups in total. The summed E-state index contributed by atoms with van der Waals surface area (Å²) in [5.41, 5.74) is 12.1. The number of hydrazine groups is 3. The minimum absolute atomic E-state index is 0.199. The number of carbonyl (C=O) groups excluding carboxylic acids is 1. The fraction of sp³-hybridized carbons (Fsp3) is 0.929. The second-order valence-electron chi connectivity index (χ2n) is 5.85. The molecule has 0 aliphatic heterocycles. The van der Waals surface area contributed by atoms with Gasteiger partial charge in [0, 0.05) is 39.5 Å². The lowest BCUT2D eigenvalue weighted by Crippen LogP contribution is -2.60. The molecule has 12 heteroatoms. The van der Waals surface area contributed by atoms with E-state index >= 15 is 0 Å². The summed E-state index contributed by atoms with van der Waals surface area (Å²) >= 11 is 0. The van der Waals surface area contributed by atoms with E-state index in [0.29, 0.717) is 39.5 Å². The molecule has 0 unspecified atom stereocenters. The molecule has 0 aromatic heterocycles. The van der Waals surface area contributed by atoms with E-state index in [1.165, 1.54) is 0 Å². The molecular weight excluding hydrogens is 344 g/mol. The predicted octanol–water partition coefficient (Wildman–Crippen LogP) is -3.00. The van der Waals surface area contributed by atoms with E-state index < -0.39 is 11.6 Å². The average Bonchev–Trinajstić information content (AvgIpc) is 2.60. The third kappa shape index (κ3) is 14.1. The van der Waals surface area contributed by atoms with Gasteiger partial charge in [0.1, 0.15) is 5.54 Å². The van der Waals surface area contributed by atoms with Gasteiger partial charge >= 0.3 is 6.03 Å². The van der Waals surface area contributed by atoms with Crippen molar-refractivity contribution in [1.29, 1.82) is 0 Å². The van der Waals surface area contributed by atoms with Crippen molar-refractivity contribution in [2.24, 2.45) is 23.3 Å². The zero-order valence-corrected chi connectivity index (χ0v) is 15.4. The number of carbonyl (C=O) groups is 1. The summed E-state index contributed by atoms with van der Waals surface area (Å²) in [5.74, 6) is 15.7. The highest BCUT2D eigenvalue weighted by Gasteiger charge is 2.33. The number of amides is 2. The van der Waals surface area contributed by atoms with Crippen LogP contribution in [0.15, 0.2) is 0 Å². The summed E-state index contributed by atoms with van der Waals surface area (Å²) in [6.45, 7) is 3.90. The van der Waals surface area contributed by atoms with Crippen LogP contribution in [0.5, 0.6) is 0 Å². The third-order valence-electron chi connectivity index (χ3n) is 3.35. The molecule has 0 atom stereocenters. The van der Waals surface area contributed by atoms with E-state index in [-0.39, 0.29) is 19.8 Å². The number of hydrogen-bond acceptors (Lipinski definition) is 10. The van der Waals surface area contributed by atoms with Crippen LogP contribution in [-0.2, 0) is 14.2 Å². The Bertz CT molecular complexity index is 302.